The van der Waals surface area contributed by atoms with Crippen molar-refractivity contribution in [1.82, 2.24) is 19.8 Å². The third-order valence-electron chi connectivity index (χ3n) is 6.17. The molecule has 1 aromatic heterocycles. The van der Waals surface area contributed by atoms with E-state index in [1.165, 1.54) is 33.5 Å². The first-order valence-electron chi connectivity index (χ1n) is 14.5. The van der Waals surface area contributed by atoms with Crippen LogP contribution in [0.1, 0.15) is 64.5 Å². The average molecular weight is 600 g/mol. The minimum absolute atomic E-state index is 0.102. The molecule has 0 aromatic carbocycles. The highest BCUT2D eigenvalue weighted by Crippen LogP contribution is 2.31. The van der Waals surface area contributed by atoms with E-state index >= 15 is 0 Å². The molecule has 0 unspecified atom stereocenters. The van der Waals surface area contributed by atoms with Gasteiger partial charge in [0.2, 0.25) is 5.91 Å². The van der Waals surface area contributed by atoms with Crippen molar-refractivity contribution < 1.29 is 19.4 Å². The fourth-order valence-corrected chi connectivity index (χ4v) is 5.05. The van der Waals surface area contributed by atoms with Crippen molar-refractivity contribution >= 4 is 29.6 Å². The lowest BCUT2D eigenvalue weighted by Crippen LogP contribution is -2.41. The van der Waals surface area contributed by atoms with Crippen molar-refractivity contribution in [2.45, 2.75) is 70.0 Å². The quantitative estimate of drug-likeness (QED) is 0.141. The summed E-state index contributed by atoms with van der Waals surface area (Å²) in [5, 5.41) is 12.4. The van der Waals surface area contributed by atoms with E-state index in [4.69, 9.17) is 10.5 Å². The Morgan fingerprint density at radius 1 is 1.10 bits per heavy atom. The molecule has 2 rings (SSSR count). The van der Waals surface area contributed by atoms with Crippen LogP contribution in [-0.2, 0) is 9.53 Å². The Labute approximate surface area is 253 Å². The van der Waals surface area contributed by atoms with Crippen LogP contribution in [0.15, 0.2) is 77.8 Å². The lowest BCUT2D eigenvalue weighted by atomic mass is 10.2. The lowest BCUT2D eigenvalue weighted by Gasteiger charge is -2.23. The smallest absolute Gasteiger partial charge is 0.407 e. The fourth-order valence-electron chi connectivity index (χ4n) is 3.94. The molecule has 42 heavy (non-hydrogen) atoms. The number of carbonyl (C=O) groups is 2. The first-order valence-corrected chi connectivity index (χ1v) is 15.6. The van der Waals surface area contributed by atoms with Gasteiger partial charge in [-0.1, -0.05) is 67.7 Å². The number of unbranched alkanes of at least 4 members (excludes halogenated alkanes) is 1. The van der Waals surface area contributed by atoms with E-state index < -0.39 is 23.4 Å². The van der Waals surface area contributed by atoms with Crippen LogP contribution in [0.2, 0.25) is 0 Å². The van der Waals surface area contributed by atoms with Gasteiger partial charge in [-0.2, -0.15) is 4.98 Å². The van der Waals surface area contributed by atoms with Gasteiger partial charge in [0.25, 0.3) is 0 Å². The van der Waals surface area contributed by atoms with Crippen LogP contribution in [-0.4, -0.2) is 62.4 Å². The summed E-state index contributed by atoms with van der Waals surface area (Å²) >= 11 is 1.42. The van der Waals surface area contributed by atoms with Crippen LogP contribution < -0.4 is 16.7 Å². The van der Waals surface area contributed by atoms with E-state index in [1.54, 1.807) is 0 Å². The van der Waals surface area contributed by atoms with Gasteiger partial charge >= 0.3 is 11.8 Å². The molecule has 0 aliphatic carbocycles. The van der Waals surface area contributed by atoms with E-state index in [-0.39, 0.29) is 31.4 Å². The second-order valence-corrected chi connectivity index (χ2v) is 10.8. The van der Waals surface area contributed by atoms with Gasteiger partial charge in [-0.15, -0.1) is 11.8 Å². The molecule has 0 radical (unpaired) electrons. The predicted octanol–water partition coefficient (Wildman–Crippen LogP) is 5.43. The third kappa shape index (κ3) is 14.9. The Morgan fingerprint density at radius 3 is 2.31 bits per heavy atom. The summed E-state index contributed by atoms with van der Waals surface area (Å²) in [6.45, 7) is 2.61. The zero-order chi connectivity index (χ0) is 30.4. The maximum Gasteiger partial charge on any atom is 0.407 e. The number of amides is 2. The molecule has 2 amide bonds. The highest BCUT2D eigenvalue weighted by Gasteiger charge is 2.30. The Bertz CT molecular complexity index is 1160. The van der Waals surface area contributed by atoms with E-state index in [0.717, 1.165) is 44.9 Å². The summed E-state index contributed by atoms with van der Waals surface area (Å²) in [5.74, 6) is 0.513. The summed E-state index contributed by atoms with van der Waals surface area (Å²) in [7, 11) is 0. The number of hydrogen-bond acceptors (Lipinski definition) is 7. The molecule has 4 N–H and O–H groups in total. The minimum atomic E-state index is -1.10. The predicted molar refractivity (Wildman–Crippen MR) is 170 cm³/mol. The van der Waals surface area contributed by atoms with E-state index in [0.29, 0.717) is 12.2 Å². The molecule has 0 spiro atoms. The molecular weight excluding hydrogens is 554 g/mol. The summed E-state index contributed by atoms with van der Waals surface area (Å²) in [5.41, 5.74) is 4.58. The maximum absolute atomic E-state index is 12.2. The van der Waals surface area contributed by atoms with Gasteiger partial charge in [0, 0.05) is 31.5 Å². The van der Waals surface area contributed by atoms with Crippen LogP contribution in [0, 0.1) is 0 Å². The Morgan fingerprint density at radius 2 is 1.71 bits per heavy atom. The first kappa shape index (κ1) is 34.6. The van der Waals surface area contributed by atoms with Crippen LogP contribution in [0.3, 0.4) is 0 Å². The highest BCUT2D eigenvalue weighted by atomic mass is 32.2. The molecule has 1 aliphatic rings. The zero-order valence-electron chi connectivity index (χ0n) is 24.5. The van der Waals surface area contributed by atoms with E-state index in [2.05, 4.69) is 78.0 Å². The number of carbonyl (C=O) groups excluding carboxylic acids is 1. The van der Waals surface area contributed by atoms with Gasteiger partial charge in [-0.25, -0.2) is 9.59 Å². The zero-order valence-corrected chi connectivity index (χ0v) is 25.3. The number of nitrogen functional groups attached to an aromatic ring is 1. The summed E-state index contributed by atoms with van der Waals surface area (Å²) < 4.78 is 7.20. The van der Waals surface area contributed by atoms with Gasteiger partial charge in [-0.3, -0.25) is 9.36 Å². The molecular formula is C31H45N5O5S. The molecule has 230 valence electrons. The van der Waals surface area contributed by atoms with Gasteiger partial charge in [0.05, 0.1) is 6.54 Å². The van der Waals surface area contributed by atoms with Crippen LogP contribution >= 0.6 is 11.8 Å². The molecule has 0 bridgehead atoms. The van der Waals surface area contributed by atoms with Crippen molar-refractivity contribution in [2.24, 2.45) is 0 Å². The molecule has 0 saturated carbocycles. The number of nitrogens with two attached hydrogens (primary N) is 1. The second-order valence-electron chi connectivity index (χ2n) is 9.57. The van der Waals surface area contributed by atoms with Crippen molar-refractivity contribution in [3.8, 4) is 0 Å². The topological polar surface area (TPSA) is 140 Å². The van der Waals surface area contributed by atoms with E-state index in [9.17, 15) is 19.5 Å². The summed E-state index contributed by atoms with van der Waals surface area (Å²) in [6.07, 6.45) is 28.2. The van der Waals surface area contributed by atoms with Crippen molar-refractivity contribution in [3.05, 3.63) is 83.5 Å². The third-order valence-corrected chi connectivity index (χ3v) is 7.28. The monoisotopic (exact) mass is 599 g/mol. The van der Waals surface area contributed by atoms with Crippen LogP contribution in [0.25, 0.3) is 0 Å². The van der Waals surface area contributed by atoms with Gasteiger partial charge in [-0.05, 0) is 51.0 Å². The number of ether oxygens (including phenoxy) is 1. The van der Waals surface area contributed by atoms with Crippen molar-refractivity contribution in [3.63, 3.8) is 0 Å². The van der Waals surface area contributed by atoms with Gasteiger partial charge in [0.1, 0.15) is 17.5 Å². The van der Waals surface area contributed by atoms with Crippen LogP contribution in [0.5, 0.6) is 0 Å². The number of nitrogens with one attached hydrogen (secondary N) is 1. The number of thioether (sulfide) groups is 1. The lowest BCUT2D eigenvalue weighted by molar-refractivity contribution is -0.121. The van der Waals surface area contributed by atoms with Crippen molar-refractivity contribution in [1.29, 1.82) is 0 Å². The number of nitrogens with zero attached hydrogens (tertiary/aromatic N) is 3. The fraction of sp³-hybridized carbons (Fsp3) is 0.484. The molecule has 11 heteroatoms. The van der Waals surface area contributed by atoms with E-state index in [1.807, 2.05) is 0 Å². The molecule has 1 saturated heterocycles. The first-order chi connectivity index (χ1) is 20.4. The van der Waals surface area contributed by atoms with Crippen molar-refractivity contribution in [2.75, 3.05) is 31.1 Å². The maximum atomic E-state index is 12.2. The van der Waals surface area contributed by atoms with Crippen LogP contribution in [0.4, 0.5) is 10.6 Å². The summed E-state index contributed by atoms with van der Waals surface area (Å²) in [6, 6.07) is 1.51. The standard InChI is InChI=1S/C31H45N5O5S/c1-2-3-4-5-6-7-8-9-10-11-12-13-14-15-16-17-18-19-27(37)33-21-23-35(31(39)40)24-29-41-28(25-42-29)36-22-20-26(32)34-30(36)38/h3-4,6-7,9-10,12-13,15-16,20,22,28-29H,2,5,8,11,14,17-19,21,23-25H2,1H3,(H,33,37)(H,39,40)(H2,32,34,38)/b4-3-,7-6-,10-9-,13-12-,16-15-/t28-,29+/m0/s1. The normalized spacial score (nSPS) is 17.5. The van der Waals surface area contributed by atoms with Gasteiger partial charge < -0.3 is 25.8 Å². The number of carboxylic acid groups (broad SMARTS) is 1. The van der Waals surface area contributed by atoms with Gasteiger partial charge in [0.15, 0.2) is 0 Å². The number of hydrogen-bond donors (Lipinski definition) is 3. The largest absolute Gasteiger partial charge is 0.465 e. The highest BCUT2D eigenvalue weighted by molar-refractivity contribution is 8.00. The summed E-state index contributed by atoms with van der Waals surface area (Å²) in [4.78, 5) is 40.8. The number of anilines is 1. The molecule has 10 nitrogen and oxygen atoms in total. The number of aromatic nitrogens is 2. The molecule has 1 fully saturated rings. The Balaban J connectivity index is 1.53. The molecule has 1 aromatic rings. The molecule has 1 aliphatic heterocycles. The molecule has 2 heterocycles. The number of rotatable bonds is 19. The second kappa shape index (κ2) is 21.2. The number of allylic oxidation sites excluding steroid dienone is 10. The molecule has 2 atom stereocenters. The minimum Gasteiger partial charge on any atom is -0.465 e. The average Bonchev–Trinajstić information content (AvgIpc) is 3.42. The SMILES string of the molecule is CC/C=C\C/C=C\C/C=C\C/C=C\C/C=C\CCCC(=O)NCCN(C[C@@H]1O[C@H](n2ccc(N)nc2=O)CS1)C(=O)O. The Hall–Kier alpha value is -3.57. The Kier molecular flexibility index (Phi) is 17.5.